The van der Waals surface area contributed by atoms with Gasteiger partial charge in [-0.15, -0.1) is 0 Å². The second kappa shape index (κ2) is 7.01. The molecule has 1 rings (SSSR count). The highest BCUT2D eigenvalue weighted by Crippen LogP contribution is 2.17. The Morgan fingerprint density at radius 3 is 2.44 bits per heavy atom. The molecule has 0 radical (unpaired) electrons. The molecule has 0 bridgehead atoms. The van der Waals surface area contributed by atoms with Crippen LogP contribution in [0.5, 0.6) is 0 Å². The van der Waals surface area contributed by atoms with E-state index in [9.17, 15) is 0 Å². The molecule has 0 fully saturated rings. The number of aliphatic imine (C=N–C) groups is 1. The Balaban J connectivity index is 2.65. The molecule has 0 atom stereocenters. The third-order valence-electron chi connectivity index (χ3n) is 2.86. The van der Waals surface area contributed by atoms with E-state index in [0.717, 1.165) is 0 Å². The van der Waals surface area contributed by atoms with Crippen LogP contribution in [0.2, 0.25) is 0 Å². The molecule has 0 aliphatic carbocycles. The summed E-state index contributed by atoms with van der Waals surface area (Å²) in [6, 6.07) is 4.35. The number of aryl methyl sites for hydroxylation is 3. The van der Waals surface area contributed by atoms with E-state index in [4.69, 9.17) is 10.5 Å². The number of hydrogen-bond donors (Lipinski definition) is 2. The van der Waals surface area contributed by atoms with Crippen molar-refractivity contribution in [1.82, 2.24) is 5.32 Å². The van der Waals surface area contributed by atoms with Gasteiger partial charge in [0.25, 0.3) is 0 Å². The van der Waals surface area contributed by atoms with E-state index in [2.05, 4.69) is 43.2 Å². The predicted molar refractivity (Wildman–Crippen MR) is 75.9 cm³/mol. The van der Waals surface area contributed by atoms with Crippen LogP contribution < -0.4 is 11.1 Å². The Hall–Kier alpha value is -1.55. The summed E-state index contributed by atoms with van der Waals surface area (Å²) in [6.45, 7) is 8.24. The summed E-state index contributed by atoms with van der Waals surface area (Å²) in [5.74, 6) is 0.464. The molecule has 100 valence electrons. The van der Waals surface area contributed by atoms with Crippen molar-refractivity contribution in [1.29, 1.82) is 0 Å². The van der Waals surface area contributed by atoms with Gasteiger partial charge in [0.05, 0.1) is 13.2 Å². The molecule has 0 aliphatic rings. The highest BCUT2D eigenvalue weighted by Gasteiger charge is 2.03. The summed E-state index contributed by atoms with van der Waals surface area (Å²) in [7, 11) is 1.66. The first kappa shape index (κ1) is 14.5. The van der Waals surface area contributed by atoms with Gasteiger partial charge in [-0.05, 0) is 37.5 Å². The summed E-state index contributed by atoms with van der Waals surface area (Å²) >= 11 is 0. The van der Waals surface area contributed by atoms with Crippen LogP contribution in [0.1, 0.15) is 22.3 Å². The van der Waals surface area contributed by atoms with Crippen molar-refractivity contribution in [2.24, 2.45) is 10.7 Å². The highest BCUT2D eigenvalue weighted by molar-refractivity contribution is 5.77. The quantitative estimate of drug-likeness (QED) is 0.474. The smallest absolute Gasteiger partial charge is 0.188 e. The van der Waals surface area contributed by atoms with Gasteiger partial charge in [-0.3, -0.25) is 0 Å². The maximum absolute atomic E-state index is 5.78. The Morgan fingerprint density at radius 2 is 1.89 bits per heavy atom. The number of nitrogens with two attached hydrogens (primary N) is 1. The zero-order valence-corrected chi connectivity index (χ0v) is 11.7. The molecule has 0 amide bonds. The lowest BCUT2D eigenvalue weighted by Gasteiger charge is -2.10. The number of rotatable bonds is 5. The maximum atomic E-state index is 5.78. The van der Waals surface area contributed by atoms with Gasteiger partial charge >= 0.3 is 0 Å². The minimum Gasteiger partial charge on any atom is -0.383 e. The lowest BCUT2D eigenvalue weighted by molar-refractivity contribution is 0.204. The van der Waals surface area contributed by atoms with E-state index in [0.29, 0.717) is 25.7 Å². The number of ether oxygens (including phenoxy) is 1. The van der Waals surface area contributed by atoms with E-state index < -0.39 is 0 Å². The Morgan fingerprint density at radius 1 is 1.28 bits per heavy atom. The first-order valence-corrected chi connectivity index (χ1v) is 6.14. The number of benzene rings is 1. The van der Waals surface area contributed by atoms with Crippen molar-refractivity contribution in [2.75, 3.05) is 20.3 Å². The van der Waals surface area contributed by atoms with Gasteiger partial charge < -0.3 is 15.8 Å². The van der Waals surface area contributed by atoms with Gasteiger partial charge in [-0.25, -0.2) is 4.99 Å². The molecule has 0 aromatic heterocycles. The predicted octanol–water partition coefficient (Wildman–Crippen LogP) is 1.66. The molecule has 3 N–H and O–H groups in total. The van der Waals surface area contributed by atoms with Crippen molar-refractivity contribution >= 4 is 5.96 Å². The third-order valence-corrected chi connectivity index (χ3v) is 2.86. The van der Waals surface area contributed by atoms with Crippen LogP contribution >= 0.6 is 0 Å². The summed E-state index contributed by atoms with van der Waals surface area (Å²) in [4.78, 5) is 4.35. The number of nitrogens with one attached hydrogen (secondary N) is 1. The van der Waals surface area contributed by atoms with Crippen LogP contribution in [-0.2, 0) is 11.3 Å². The zero-order chi connectivity index (χ0) is 13.5. The monoisotopic (exact) mass is 249 g/mol. The molecule has 4 nitrogen and oxygen atoms in total. The largest absolute Gasteiger partial charge is 0.383 e. The fraction of sp³-hybridized carbons (Fsp3) is 0.500. The standard InChI is InChI=1S/C14H23N3O/c1-10-7-11(2)13(12(3)8-10)9-17-14(15)16-5-6-18-4/h7-8H,5-6,9H2,1-4H3,(H3,15,16,17). The van der Waals surface area contributed by atoms with Gasteiger partial charge in [0, 0.05) is 13.7 Å². The van der Waals surface area contributed by atoms with Crippen molar-refractivity contribution in [3.63, 3.8) is 0 Å². The number of guanidine groups is 1. The van der Waals surface area contributed by atoms with Gasteiger partial charge in [0.1, 0.15) is 0 Å². The molecule has 0 saturated carbocycles. The van der Waals surface area contributed by atoms with Gasteiger partial charge in [0.2, 0.25) is 0 Å². The average molecular weight is 249 g/mol. The lowest BCUT2D eigenvalue weighted by atomic mass is 10.00. The van der Waals surface area contributed by atoms with E-state index in [1.807, 2.05) is 0 Å². The van der Waals surface area contributed by atoms with E-state index >= 15 is 0 Å². The van der Waals surface area contributed by atoms with Crippen molar-refractivity contribution in [3.05, 3.63) is 34.4 Å². The van der Waals surface area contributed by atoms with Crippen LogP contribution in [0.15, 0.2) is 17.1 Å². The van der Waals surface area contributed by atoms with Crippen LogP contribution in [0, 0.1) is 20.8 Å². The van der Waals surface area contributed by atoms with E-state index in [1.165, 1.54) is 22.3 Å². The molecule has 1 aromatic carbocycles. The second-order valence-electron chi connectivity index (χ2n) is 4.50. The SMILES string of the molecule is COCCNC(N)=NCc1c(C)cc(C)cc1C. The number of hydrogen-bond acceptors (Lipinski definition) is 2. The molecule has 4 heteroatoms. The fourth-order valence-electron chi connectivity index (χ4n) is 1.96. The minimum absolute atomic E-state index is 0.464. The summed E-state index contributed by atoms with van der Waals surface area (Å²) < 4.78 is 4.93. The van der Waals surface area contributed by atoms with Crippen LogP contribution in [0.3, 0.4) is 0 Å². The van der Waals surface area contributed by atoms with Crippen molar-refractivity contribution < 1.29 is 4.74 Å². The van der Waals surface area contributed by atoms with Gasteiger partial charge in [-0.2, -0.15) is 0 Å². The van der Waals surface area contributed by atoms with Crippen LogP contribution in [0.4, 0.5) is 0 Å². The Bertz CT molecular complexity index is 404. The summed E-state index contributed by atoms with van der Waals surface area (Å²) in [5, 5.41) is 3.01. The minimum atomic E-state index is 0.464. The van der Waals surface area contributed by atoms with Gasteiger partial charge in [-0.1, -0.05) is 17.7 Å². The van der Waals surface area contributed by atoms with Crippen LogP contribution in [0.25, 0.3) is 0 Å². The molecule has 0 heterocycles. The second-order valence-corrected chi connectivity index (χ2v) is 4.50. The normalized spacial score (nSPS) is 11.7. The Labute approximate surface area is 109 Å². The topological polar surface area (TPSA) is 59.6 Å². The van der Waals surface area contributed by atoms with E-state index in [-0.39, 0.29) is 0 Å². The van der Waals surface area contributed by atoms with Crippen molar-refractivity contribution in [3.8, 4) is 0 Å². The molecule has 0 saturated heterocycles. The number of nitrogens with zero attached hydrogens (tertiary/aromatic N) is 1. The molecule has 1 aromatic rings. The summed E-state index contributed by atoms with van der Waals surface area (Å²) in [5.41, 5.74) is 10.8. The molecular formula is C14H23N3O. The third kappa shape index (κ3) is 4.37. The first-order valence-electron chi connectivity index (χ1n) is 6.14. The zero-order valence-electron chi connectivity index (χ0n) is 11.7. The fourth-order valence-corrected chi connectivity index (χ4v) is 1.96. The van der Waals surface area contributed by atoms with Gasteiger partial charge in [0.15, 0.2) is 5.96 Å². The van der Waals surface area contributed by atoms with Crippen LogP contribution in [-0.4, -0.2) is 26.2 Å². The summed E-state index contributed by atoms with van der Waals surface area (Å²) in [6.07, 6.45) is 0. The molecular weight excluding hydrogens is 226 g/mol. The average Bonchev–Trinajstić information content (AvgIpc) is 2.27. The molecule has 0 unspecified atom stereocenters. The molecule has 0 spiro atoms. The lowest BCUT2D eigenvalue weighted by Crippen LogP contribution is -2.34. The molecule has 0 aliphatic heterocycles. The Kier molecular flexibility index (Phi) is 5.65. The number of methoxy groups -OCH3 is 1. The molecule has 18 heavy (non-hydrogen) atoms. The van der Waals surface area contributed by atoms with Crippen molar-refractivity contribution in [2.45, 2.75) is 27.3 Å². The maximum Gasteiger partial charge on any atom is 0.188 e. The van der Waals surface area contributed by atoms with E-state index in [1.54, 1.807) is 7.11 Å². The highest BCUT2D eigenvalue weighted by atomic mass is 16.5. The first-order chi connectivity index (χ1) is 8.54.